The van der Waals surface area contributed by atoms with Crippen molar-refractivity contribution < 1.29 is 4.79 Å². The number of fused-ring (bicyclic) bond motifs is 1. The summed E-state index contributed by atoms with van der Waals surface area (Å²) in [4.78, 5) is 16.4. The molecule has 4 heterocycles. The van der Waals surface area contributed by atoms with Gasteiger partial charge in [0.15, 0.2) is 5.82 Å². The average molecular weight is 507 g/mol. The minimum absolute atomic E-state index is 0.0186. The Labute approximate surface area is 217 Å². The molecule has 3 aromatic rings. The van der Waals surface area contributed by atoms with Crippen molar-refractivity contribution in [3.63, 3.8) is 0 Å². The van der Waals surface area contributed by atoms with Crippen molar-refractivity contribution in [1.82, 2.24) is 24.9 Å². The first-order valence-electron chi connectivity index (χ1n) is 13.0. The third kappa shape index (κ3) is 3.42. The maximum Gasteiger partial charge on any atom is 0.245 e. The van der Waals surface area contributed by atoms with Crippen molar-refractivity contribution in [2.75, 3.05) is 24.5 Å². The largest absolute Gasteiger partial charge is 0.350 e. The van der Waals surface area contributed by atoms with Gasteiger partial charge >= 0.3 is 0 Å². The number of aromatic amines is 1. The highest BCUT2D eigenvalue weighted by atomic mass is 35.5. The lowest BCUT2D eigenvalue weighted by Gasteiger charge is -2.58. The molecule has 1 aliphatic carbocycles. The number of nitrogens with zero attached hydrogens (tertiary/aromatic N) is 5. The van der Waals surface area contributed by atoms with Crippen LogP contribution < -0.4 is 4.90 Å². The molecular formula is C28H35ClN6O. The normalized spacial score (nSPS) is 21.0. The molecule has 2 aromatic heterocycles. The number of hydrogen-bond acceptors (Lipinski definition) is 4. The number of nitrogens with one attached hydrogen (secondary N) is 1. The Morgan fingerprint density at radius 2 is 1.97 bits per heavy atom. The third-order valence-corrected chi connectivity index (χ3v) is 9.36. The molecule has 8 heteroatoms. The number of hydrogen-bond donors (Lipinski definition) is 1. The van der Waals surface area contributed by atoms with Gasteiger partial charge in [-0.25, -0.2) is 0 Å². The Bertz CT molecular complexity index is 1370. The van der Waals surface area contributed by atoms with E-state index in [0.717, 1.165) is 89.4 Å². The van der Waals surface area contributed by atoms with Crippen LogP contribution in [-0.2, 0) is 4.79 Å². The van der Waals surface area contributed by atoms with Crippen LogP contribution in [0.2, 0.25) is 5.02 Å². The van der Waals surface area contributed by atoms with Crippen molar-refractivity contribution in [1.29, 1.82) is 0 Å². The number of aryl methyl sites for hydroxylation is 1. The van der Waals surface area contributed by atoms with Gasteiger partial charge in [-0.3, -0.25) is 14.6 Å². The fourth-order valence-electron chi connectivity index (χ4n) is 6.86. The number of anilines is 1. The van der Waals surface area contributed by atoms with Crippen LogP contribution in [0.1, 0.15) is 63.3 Å². The summed E-state index contributed by atoms with van der Waals surface area (Å²) in [6.07, 6.45) is 8.93. The van der Waals surface area contributed by atoms with Crippen LogP contribution in [0.4, 0.5) is 5.82 Å². The zero-order chi connectivity index (χ0) is 25.4. The standard InChI is InChI=1S/C28H35ClN6O/c1-6-22(36)33-15-28(16-33)12-19(13-28)35-18(3)23(26(32-35)34-10-8-7-9-27(34,4)5)24-20-14-30-31-21(20)11-17(2)25(24)29/h6,11,14,19H,1,7-10,12-13,15-16H2,2-5H3,(H,30,31). The molecule has 0 radical (unpaired) electrons. The van der Waals surface area contributed by atoms with Gasteiger partial charge in [0, 0.05) is 52.8 Å². The number of H-pyrrole nitrogens is 1. The molecule has 2 aliphatic heterocycles. The monoisotopic (exact) mass is 506 g/mol. The van der Waals surface area contributed by atoms with Gasteiger partial charge < -0.3 is 9.80 Å². The van der Waals surface area contributed by atoms with E-state index in [0.29, 0.717) is 6.04 Å². The second-order valence-corrected chi connectivity index (χ2v) is 12.2. The average Bonchev–Trinajstić information content (AvgIpc) is 3.37. The molecule has 7 nitrogen and oxygen atoms in total. The lowest BCUT2D eigenvalue weighted by Crippen LogP contribution is -2.63. The van der Waals surface area contributed by atoms with E-state index in [-0.39, 0.29) is 16.9 Å². The lowest BCUT2D eigenvalue weighted by molar-refractivity contribution is -0.149. The summed E-state index contributed by atoms with van der Waals surface area (Å²) >= 11 is 7.05. The van der Waals surface area contributed by atoms with E-state index in [1.54, 1.807) is 0 Å². The van der Waals surface area contributed by atoms with E-state index in [4.69, 9.17) is 16.7 Å². The molecule has 6 rings (SSSR count). The predicted molar refractivity (Wildman–Crippen MR) is 145 cm³/mol. The summed E-state index contributed by atoms with van der Waals surface area (Å²) < 4.78 is 2.25. The van der Waals surface area contributed by atoms with Crippen molar-refractivity contribution in [3.8, 4) is 11.1 Å². The maximum atomic E-state index is 12.0. The fraction of sp³-hybridized carbons (Fsp3) is 0.536. The summed E-state index contributed by atoms with van der Waals surface area (Å²) in [6.45, 7) is 15.2. The molecule has 2 saturated heterocycles. The van der Waals surface area contributed by atoms with E-state index >= 15 is 0 Å². The Kier molecular flexibility index (Phi) is 5.31. The minimum Gasteiger partial charge on any atom is -0.350 e. The molecule has 0 atom stereocenters. The van der Waals surface area contributed by atoms with E-state index in [1.165, 1.54) is 12.5 Å². The maximum absolute atomic E-state index is 12.0. The van der Waals surface area contributed by atoms with Gasteiger partial charge in [0.25, 0.3) is 0 Å². The number of piperidine rings is 1. The Balaban J connectivity index is 1.44. The first-order chi connectivity index (χ1) is 17.1. The second kappa shape index (κ2) is 8.10. The van der Waals surface area contributed by atoms with Gasteiger partial charge in [-0.2, -0.15) is 10.2 Å². The van der Waals surface area contributed by atoms with E-state index < -0.39 is 0 Å². The van der Waals surface area contributed by atoms with Crippen LogP contribution in [0.25, 0.3) is 22.0 Å². The molecule has 0 bridgehead atoms. The van der Waals surface area contributed by atoms with Gasteiger partial charge in [-0.1, -0.05) is 18.2 Å². The molecule has 36 heavy (non-hydrogen) atoms. The summed E-state index contributed by atoms with van der Waals surface area (Å²) in [6, 6.07) is 2.40. The van der Waals surface area contributed by atoms with Crippen LogP contribution >= 0.6 is 11.6 Å². The molecule has 3 fully saturated rings. The van der Waals surface area contributed by atoms with Gasteiger partial charge in [0.05, 0.1) is 22.8 Å². The number of carbonyl (C=O) groups is 1. The Morgan fingerprint density at radius 3 is 2.67 bits per heavy atom. The highest BCUT2D eigenvalue weighted by Crippen LogP contribution is 2.56. The first-order valence-corrected chi connectivity index (χ1v) is 13.4. The van der Waals surface area contributed by atoms with Gasteiger partial charge in [-0.05, 0) is 77.5 Å². The van der Waals surface area contributed by atoms with Crippen molar-refractivity contribution in [2.45, 2.75) is 71.4 Å². The number of likely N-dealkylation sites (tertiary alicyclic amines) is 1. The molecule has 190 valence electrons. The van der Waals surface area contributed by atoms with Crippen LogP contribution in [0.15, 0.2) is 24.9 Å². The SMILES string of the molecule is C=CC(=O)N1CC2(CC(n3nc(N4CCCCC4(C)C)c(-c4c(Cl)c(C)cc5[nH]ncc45)c3C)C2)C1. The number of halogens is 1. The smallest absolute Gasteiger partial charge is 0.245 e. The first kappa shape index (κ1) is 23.6. The van der Waals surface area contributed by atoms with E-state index in [1.807, 2.05) is 11.1 Å². The highest BCUT2D eigenvalue weighted by molar-refractivity contribution is 6.36. The zero-order valence-corrected chi connectivity index (χ0v) is 22.5. The summed E-state index contributed by atoms with van der Waals surface area (Å²) in [5.41, 5.74) is 5.58. The van der Waals surface area contributed by atoms with Crippen molar-refractivity contribution in [2.24, 2.45) is 5.41 Å². The van der Waals surface area contributed by atoms with Crippen LogP contribution in [0.3, 0.4) is 0 Å². The molecule has 1 N–H and O–H groups in total. The number of benzene rings is 1. The fourth-order valence-corrected chi connectivity index (χ4v) is 7.11. The molecule has 1 aromatic carbocycles. The topological polar surface area (TPSA) is 70.1 Å². The van der Waals surface area contributed by atoms with Gasteiger partial charge in [0.2, 0.25) is 5.91 Å². The highest BCUT2D eigenvalue weighted by Gasteiger charge is 2.54. The molecular weight excluding hydrogens is 472 g/mol. The molecule has 0 unspecified atom stereocenters. The summed E-state index contributed by atoms with van der Waals surface area (Å²) in [5.74, 6) is 1.07. The van der Waals surface area contributed by atoms with Crippen molar-refractivity contribution in [3.05, 3.63) is 41.2 Å². The Hall–Kier alpha value is -2.80. The van der Waals surface area contributed by atoms with Crippen LogP contribution in [-0.4, -0.2) is 56.0 Å². The zero-order valence-electron chi connectivity index (χ0n) is 21.7. The number of aromatic nitrogens is 4. The molecule has 1 saturated carbocycles. The minimum atomic E-state index is 0.0186. The molecule has 3 aliphatic rings. The number of rotatable bonds is 4. The summed E-state index contributed by atoms with van der Waals surface area (Å²) in [5, 5.41) is 14.6. The molecule has 1 spiro atoms. The van der Waals surface area contributed by atoms with Crippen LogP contribution in [0.5, 0.6) is 0 Å². The number of carbonyl (C=O) groups excluding carboxylic acids is 1. The van der Waals surface area contributed by atoms with Gasteiger partial charge in [-0.15, -0.1) is 0 Å². The van der Waals surface area contributed by atoms with Crippen molar-refractivity contribution >= 4 is 34.2 Å². The van der Waals surface area contributed by atoms with Crippen LogP contribution in [0, 0.1) is 19.3 Å². The lowest BCUT2D eigenvalue weighted by atomic mass is 9.60. The second-order valence-electron chi connectivity index (χ2n) is 11.8. The predicted octanol–water partition coefficient (Wildman–Crippen LogP) is 5.82. The quantitative estimate of drug-likeness (QED) is 0.453. The number of amides is 1. The van der Waals surface area contributed by atoms with Gasteiger partial charge in [0.1, 0.15) is 0 Å². The van der Waals surface area contributed by atoms with E-state index in [2.05, 4.69) is 60.1 Å². The Morgan fingerprint density at radius 1 is 1.22 bits per heavy atom. The van der Waals surface area contributed by atoms with E-state index in [9.17, 15) is 4.79 Å². The summed E-state index contributed by atoms with van der Waals surface area (Å²) in [7, 11) is 0. The third-order valence-electron chi connectivity index (χ3n) is 8.87. The molecule has 1 amide bonds.